The first-order valence-electron chi connectivity index (χ1n) is 7.12. The van der Waals surface area contributed by atoms with Crippen molar-refractivity contribution in [3.63, 3.8) is 0 Å². The van der Waals surface area contributed by atoms with E-state index in [1.54, 1.807) is 4.90 Å². The van der Waals surface area contributed by atoms with E-state index in [9.17, 15) is 23.3 Å². The molecule has 0 aliphatic carbocycles. The number of alkyl halides is 3. The van der Waals surface area contributed by atoms with Crippen LogP contribution in [0, 0.1) is 10.1 Å². The van der Waals surface area contributed by atoms with Crippen molar-refractivity contribution >= 4 is 22.7 Å². The van der Waals surface area contributed by atoms with Crippen LogP contribution >= 0.6 is 11.3 Å². The molecule has 9 heteroatoms. The molecular formula is C15H13F3N2O3S. The number of nitro benzene ring substituents is 1. The molecule has 1 aliphatic heterocycles. The topological polar surface area (TPSA) is 55.6 Å². The second kappa shape index (κ2) is 6.40. The SMILES string of the molecule is O=[N+]([O-])c1ccc(N2CCOC(c3cccs3)C2)c(C(F)(F)F)c1. The molecule has 1 aromatic heterocycles. The van der Waals surface area contributed by atoms with Gasteiger partial charge in [-0.15, -0.1) is 11.3 Å². The van der Waals surface area contributed by atoms with Crippen LogP contribution in [-0.4, -0.2) is 24.6 Å². The van der Waals surface area contributed by atoms with E-state index >= 15 is 0 Å². The van der Waals surface area contributed by atoms with Crippen LogP contribution in [0.3, 0.4) is 0 Å². The van der Waals surface area contributed by atoms with Gasteiger partial charge in [-0.1, -0.05) is 6.07 Å². The molecular weight excluding hydrogens is 345 g/mol. The maximum Gasteiger partial charge on any atom is 0.418 e. The summed E-state index contributed by atoms with van der Waals surface area (Å²) in [7, 11) is 0. The average molecular weight is 358 g/mol. The molecule has 1 fully saturated rings. The number of halogens is 3. The Kier molecular flexibility index (Phi) is 4.46. The summed E-state index contributed by atoms with van der Waals surface area (Å²) in [4.78, 5) is 12.5. The van der Waals surface area contributed by atoms with Crippen LogP contribution in [-0.2, 0) is 10.9 Å². The zero-order chi connectivity index (χ0) is 17.3. The molecule has 0 spiro atoms. The van der Waals surface area contributed by atoms with Gasteiger partial charge in [-0.2, -0.15) is 13.2 Å². The van der Waals surface area contributed by atoms with Crippen molar-refractivity contribution in [3.8, 4) is 0 Å². The van der Waals surface area contributed by atoms with Gasteiger partial charge in [0, 0.05) is 35.8 Å². The van der Waals surface area contributed by atoms with Gasteiger partial charge in [0.05, 0.1) is 17.1 Å². The van der Waals surface area contributed by atoms with E-state index in [-0.39, 0.29) is 24.9 Å². The average Bonchev–Trinajstić information content (AvgIpc) is 3.08. The lowest BCUT2D eigenvalue weighted by Crippen LogP contribution is -2.39. The number of nitrogens with zero attached hydrogens (tertiary/aromatic N) is 2. The normalized spacial score (nSPS) is 18.6. The van der Waals surface area contributed by atoms with E-state index in [2.05, 4.69) is 0 Å². The Hall–Kier alpha value is -2.13. The molecule has 0 radical (unpaired) electrons. The second-order valence-electron chi connectivity index (χ2n) is 5.28. The third-order valence-corrected chi connectivity index (χ3v) is 4.73. The number of hydrogen-bond donors (Lipinski definition) is 0. The summed E-state index contributed by atoms with van der Waals surface area (Å²) < 4.78 is 45.7. The van der Waals surface area contributed by atoms with Crippen LogP contribution in [0.15, 0.2) is 35.7 Å². The summed E-state index contributed by atoms with van der Waals surface area (Å²) in [5, 5.41) is 12.7. The summed E-state index contributed by atoms with van der Waals surface area (Å²) >= 11 is 1.48. The third-order valence-electron chi connectivity index (χ3n) is 3.76. The Morgan fingerprint density at radius 2 is 2.12 bits per heavy atom. The van der Waals surface area contributed by atoms with Crippen LogP contribution in [0.1, 0.15) is 16.5 Å². The van der Waals surface area contributed by atoms with Crippen molar-refractivity contribution in [3.05, 3.63) is 56.3 Å². The summed E-state index contributed by atoms with van der Waals surface area (Å²) in [5.74, 6) is 0. The minimum Gasteiger partial charge on any atom is -0.369 e. The molecule has 1 unspecified atom stereocenters. The molecule has 1 saturated heterocycles. The Morgan fingerprint density at radius 3 is 2.75 bits per heavy atom. The Bertz CT molecular complexity index is 734. The summed E-state index contributed by atoms with van der Waals surface area (Å²) in [6, 6.07) is 6.58. The highest BCUT2D eigenvalue weighted by molar-refractivity contribution is 7.10. The molecule has 1 aliphatic rings. The van der Waals surface area contributed by atoms with Crippen molar-refractivity contribution in [2.75, 3.05) is 24.6 Å². The van der Waals surface area contributed by atoms with Crippen molar-refractivity contribution in [1.82, 2.24) is 0 Å². The number of nitro groups is 1. The number of anilines is 1. The third kappa shape index (κ3) is 3.36. The fraction of sp³-hybridized carbons (Fsp3) is 0.333. The Morgan fingerprint density at radius 1 is 1.33 bits per heavy atom. The zero-order valence-corrected chi connectivity index (χ0v) is 13.1. The minimum absolute atomic E-state index is 0.0574. The van der Waals surface area contributed by atoms with E-state index in [4.69, 9.17) is 4.74 Å². The number of rotatable bonds is 3. The highest BCUT2D eigenvalue weighted by Crippen LogP contribution is 2.40. The molecule has 2 aromatic rings. The smallest absolute Gasteiger partial charge is 0.369 e. The number of hydrogen-bond acceptors (Lipinski definition) is 5. The fourth-order valence-corrected chi connectivity index (χ4v) is 3.42. The van der Waals surface area contributed by atoms with E-state index in [0.29, 0.717) is 12.6 Å². The Balaban J connectivity index is 1.94. The number of thiophene rings is 1. The summed E-state index contributed by atoms with van der Waals surface area (Å²) in [6.45, 7) is 0.848. The lowest BCUT2D eigenvalue weighted by Gasteiger charge is -2.35. The quantitative estimate of drug-likeness (QED) is 0.608. The first kappa shape index (κ1) is 16.7. The van der Waals surface area contributed by atoms with Crippen LogP contribution < -0.4 is 4.90 Å². The highest BCUT2D eigenvalue weighted by Gasteiger charge is 2.37. The molecule has 128 valence electrons. The first-order valence-corrected chi connectivity index (χ1v) is 8.00. The van der Waals surface area contributed by atoms with Crippen LogP contribution in [0.25, 0.3) is 0 Å². The second-order valence-corrected chi connectivity index (χ2v) is 6.26. The van der Waals surface area contributed by atoms with Crippen LogP contribution in [0.4, 0.5) is 24.5 Å². The molecule has 24 heavy (non-hydrogen) atoms. The molecule has 0 amide bonds. The first-order chi connectivity index (χ1) is 11.4. The van der Waals surface area contributed by atoms with E-state index < -0.39 is 22.4 Å². The van der Waals surface area contributed by atoms with Crippen molar-refractivity contribution in [2.24, 2.45) is 0 Å². The lowest BCUT2D eigenvalue weighted by atomic mass is 10.1. The molecule has 3 rings (SSSR count). The maximum absolute atomic E-state index is 13.3. The number of non-ortho nitro benzene ring substituents is 1. The highest BCUT2D eigenvalue weighted by atomic mass is 32.1. The van der Waals surface area contributed by atoms with Crippen molar-refractivity contribution < 1.29 is 22.8 Å². The van der Waals surface area contributed by atoms with Gasteiger partial charge in [0.25, 0.3) is 5.69 Å². The van der Waals surface area contributed by atoms with Gasteiger partial charge in [0.1, 0.15) is 6.10 Å². The predicted molar refractivity (Wildman–Crippen MR) is 83.3 cm³/mol. The van der Waals surface area contributed by atoms with Crippen LogP contribution in [0.2, 0.25) is 0 Å². The van der Waals surface area contributed by atoms with Gasteiger partial charge >= 0.3 is 6.18 Å². The number of benzene rings is 1. The molecule has 5 nitrogen and oxygen atoms in total. The molecule has 1 atom stereocenters. The minimum atomic E-state index is -4.67. The van der Waals surface area contributed by atoms with Gasteiger partial charge in [0.2, 0.25) is 0 Å². The van der Waals surface area contributed by atoms with Crippen molar-refractivity contribution in [1.29, 1.82) is 0 Å². The summed E-state index contributed by atoms with van der Waals surface area (Å²) in [6.07, 6.45) is -4.98. The molecule has 0 saturated carbocycles. The maximum atomic E-state index is 13.3. The largest absolute Gasteiger partial charge is 0.418 e. The summed E-state index contributed by atoms with van der Waals surface area (Å²) in [5.41, 5.74) is -1.63. The lowest BCUT2D eigenvalue weighted by molar-refractivity contribution is -0.385. The molecule has 1 aromatic carbocycles. The van der Waals surface area contributed by atoms with E-state index in [1.807, 2.05) is 17.5 Å². The van der Waals surface area contributed by atoms with Gasteiger partial charge in [-0.3, -0.25) is 10.1 Å². The Labute approximate surface area is 139 Å². The monoisotopic (exact) mass is 358 g/mol. The standard InChI is InChI=1S/C15H13F3N2O3S/c16-15(17,18)11-8-10(20(21)22)3-4-12(11)19-5-6-23-13(9-19)14-2-1-7-24-14/h1-4,7-8,13H,5-6,9H2. The molecule has 0 N–H and O–H groups in total. The predicted octanol–water partition coefficient (Wildman–Crippen LogP) is 4.25. The fourth-order valence-electron chi connectivity index (χ4n) is 2.66. The van der Waals surface area contributed by atoms with Gasteiger partial charge < -0.3 is 9.64 Å². The molecule has 2 heterocycles. The van der Waals surface area contributed by atoms with Gasteiger partial charge in [0.15, 0.2) is 0 Å². The molecule has 0 bridgehead atoms. The number of ether oxygens (including phenoxy) is 1. The van der Waals surface area contributed by atoms with E-state index in [1.165, 1.54) is 11.3 Å². The zero-order valence-electron chi connectivity index (χ0n) is 12.3. The number of morpholine rings is 1. The van der Waals surface area contributed by atoms with Crippen LogP contribution in [0.5, 0.6) is 0 Å². The van der Waals surface area contributed by atoms with Crippen molar-refractivity contribution in [2.45, 2.75) is 12.3 Å². The van der Waals surface area contributed by atoms with E-state index in [0.717, 1.165) is 17.0 Å². The van der Waals surface area contributed by atoms with Gasteiger partial charge in [-0.25, -0.2) is 0 Å². The van der Waals surface area contributed by atoms with Gasteiger partial charge in [-0.05, 0) is 17.5 Å².